The predicted molar refractivity (Wildman–Crippen MR) is 72.3 cm³/mol. The molecule has 0 radical (unpaired) electrons. The lowest BCUT2D eigenvalue weighted by molar-refractivity contribution is -0.385. The quantitative estimate of drug-likeness (QED) is 0.553. The van der Waals surface area contributed by atoms with Gasteiger partial charge in [0.15, 0.2) is 0 Å². The number of nitrogens with zero attached hydrogens (tertiary/aromatic N) is 4. The van der Waals surface area contributed by atoms with Crippen LogP contribution in [0.4, 0.5) is 5.69 Å². The normalized spacial score (nSPS) is 10.8. The van der Waals surface area contributed by atoms with E-state index < -0.39 is 14.9 Å². The molecule has 0 atom stereocenters. The van der Waals surface area contributed by atoms with Gasteiger partial charge in [-0.05, 0) is 6.07 Å². The van der Waals surface area contributed by atoms with Crippen LogP contribution in [-0.2, 0) is 10.0 Å². The predicted octanol–water partition coefficient (Wildman–Crippen LogP) is 1.41. The molecule has 0 saturated heterocycles. The second-order valence-corrected chi connectivity index (χ2v) is 5.91. The molecule has 1 aromatic carbocycles. The molecule has 1 aromatic rings. The fourth-order valence-electron chi connectivity index (χ4n) is 1.61. The highest BCUT2D eigenvalue weighted by atomic mass is 32.2. The zero-order valence-corrected chi connectivity index (χ0v) is 11.8. The van der Waals surface area contributed by atoms with E-state index in [4.69, 9.17) is 10.5 Å². The van der Waals surface area contributed by atoms with E-state index in [1.807, 2.05) is 12.1 Å². The van der Waals surface area contributed by atoms with Gasteiger partial charge in [-0.25, -0.2) is 8.42 Å². The molecule has 0 unspecified atom stereocenters. The van der Waals surface area contributed by atoms with E-state index >= 15 is 0 Å². The third-order valence-electron chi connectivity index (χ3n) is 2.61. The molecule has 0 bridgehead atoms. The largest absolute Gasteiger partial charge is 0.270 e. The zero-order valence-electron chi connectivity index (χ0n) is 11.0. The minimum Gasteiger partial charge on any atom is -0.258 e. The van der Waals surface area contributed by atoms with Crippen LogP contribution < -0.4 is 0 Å². The molecule has 0 heterocycles. The standard InChI is InChI=1S/C12H12N4O4S/c13-6-2-8-15(9-3-7-14)21(19,20)12-5-1-4-11(10-12)16(17)18/h1,4-5,10H,2-3,8-9H2. The van der Waals surface area contributed by atoms with Crippen LogP contribution in [0.3, 0.4) is 0 Å². The Balaban J connectivity index is 3.16. The Labute approximate surface area is 122 Å². The number of benzene rings is 1. The smallest absolute Gasteiger partial charge is 0.258 e. The van der Waals surface area contributed by atoms with Crippen molar-refractivity contribution in [2.24, 2.45) is 0 Å². The van der Waals surface area contributed by atoms with Gasteiger partial charge >= 0.3 is 0 Å². The first kappa shape index (κ1) is 16.6. The Morgan fingerprint density at radius 2 is 1.76 bits per heavy atom. The van der Waals surface area contributed by atoms with Crippen molar-refractivity contribution >= 4 is 15.7 Å². The van der Waals surface area contributed by atoms with Gasteiger partial charge in [0.1, 0.15) is 0 Å². The lowest BCUT2D eigenvalue weighted by Gasteiger charge is -2.19. The molecule has 21 heavy (non-hydrogen) atoms. The van der Waals surface area contributed by atoms with Crippen molar-refractivity contribution in [1.82, 2.24) is 4.31 Å². The summed E-state index contributed by atoms with van der Waals surface area (Å²) in [4.78, 5) is 9.79. The molecular weight excluding hydrogens is 296 g/mol. The third-order valence-corrected chi connectivity index (χ3v) is 4.51. The number of non-ortho nitro benzene ring substituents is 1. The van der Waals surface area contributed by atoms with E-state index in [1.54, 1.807) is 0 Å². The molecule has 0 aliphatic rings. The molecule has 110 valence electrons. The second kappa shape index (κ2) is 7.33. The van der Waals surface area contributed by atoms with E-state index in [1.165, 1.54) is 18.2 Å². The van der Waals surface area contributed by atoms with Crippen LogP contribution in [0.15, 0.2) is 29.2 Å². The molecule has 9 heteroatoms. The van der Waals surface area contributed by atoms with Gasteiger partial charge in [-0.1, -0.05) is 6.07 Å². The molecule has 0 fully saturated rings. The lowest BCUT2D eigenvalue weighted by atomic mass is 10.3. The van der Waals surface area contributed by atoms with E-state index in [-0.39, 0.29) is 36.5 Å². The Morgan fingerprint density at radius 1 is 1.19 bits per heavy atom. The Morgan fingerprint density at radius 3 is 2.24 bits per heavy atom. The fourth-order valence-corrected chi connectivity index (χ4v) is 3.09. The number of rotatable bonds is 7. The number of sulfonamides is 1. The summed E-state index contributed by atoms with van der Waals surface area (Å²) in [5.74, 6) is 0. The van der Waals surface area contributed by atoms with E-state index in [9.17, 15) is 18.5 Å². The Kier molecular flexibility index (Phi) is 5.79. The topological polar surface area (TPSA) is 128 Å². The molecule has 8 nitrogen and oxygen atoms in total. The van der Waals surface area contributed by atoms with Crippen molar-refractivity contribution in [1.29, 1.82) is 10.5 Å². The lowest BCUT2D eigenvalue weighted by Crippen LogP contribution is -2.32. The minimum absolute atomic E-state index is 0.0282. The summed E-state index contributed by atoms with van der Waals surface area (Å²) < 4.78 is 25.8. The highest BCUT2D eigenvalue weighted by molar-refractivity contribution is 7.89. The first-order chi connectivity index (χ1) is 9.93. The first-order valence-corrected chi connectivity index (χ1v) is 7.36. The van der Waals surface area contributed by atoms with Gasteiger partial charge in [0.25, 0.3) is 5.69 Å². The number of nitro benzene ring substituents is 1. The Bertz CT molecular complexity index is 685. The van der Waals surface area contributed by atoms with Crippen LogP contribution in [-0.4, -0.2) is 30.7 Å². The van der Waals surface area contributed by atoms with E-state index in [2.05, 4.69) is 0 Å². The van der Waals surface area contributed by atoms with Gasteiger partial charge in [-0.15, -0.1) is 0 Å². The Hall–Kier alpha value is -2.49. The monoisotopic (exact) mass is 308 g/mol. The van der Waals surface area contributed by atoms with Gasteiger partial charge < -0.3 is 0 Å². The van der Waals surface area contributed by atoms with Crippen molar-refractivity contribution in [3.63, 3.8) is 0 Å². The molecule has 0 aliphatic carbocycles. The van der Waals surface area contributed by atoms with Crippen LogP contribution in [0.2, 0.25) is 0 Å². The SMILES string of the molecule is N#CCCN(CCC#N)S(=O)(=O)c1cccc([N+](=O)[O-])c1. The summed E-state index contributed by atoms with van der Waals surface area (Å²) in [5, 5.41) is 27.8. The maximum Gasteiger partial charge on any atom is 0.270 e. The van der Waals surface area contributed by atoms with Crippen molar-refractivity contribution in [3.05, 3.63) is 34.4 Å². The summed E-state index contributed by atoms with van der Waals surface area (Å²) in [7, 11) is -3.97. The average molecular weight is 308 g/mol. The van der Waals surface area contributed by atoms with Crippen molar-refractivity contribution < 1.29 is 13.3 Å². The van der Waals surface area contributed by atoms with E-state index in [0.29, 0.717) is 0 Å². The van der Waals surface area contributed by atoms with Crippen LogP contribution in [0.5, 0.6) is 0 Å². The number of hydrogen-bond acceptors (Lipinski definition) is 6. The average Bonchev–Trinajstić information content (AvgIpc) is 2.47. The maximum atomic E-state index is 12.4. The molecule has 1 rings (SSSR count). The fraction of sp³-hybridized carbons (Fsp3) is 0.333. The van der Waals surface area contributed by atoms with Crippen LogP contribution in [0.25, 0.3) is 0 Å². The molecule has 0 amide bonds. The number of nitriles is 2. The van der Waals surface area contributed by atoms with Crippen LogP contribution in [0, 0.1) is 32.8 Å². The van der Waals surface area contributed by atoms with Crippen LogP contribution >= 0.6 is 0 Å². The maximum absolute atomic E-state index is 12.4. The molecular formula is C12H12N4O4S. The molecule has 0 aliphatic heterocycles. The summed E-state index contributed by atoms with van der Waals surface area (Å²) in [5.41, 5.74) is -0.336. The molecule has 0 saturated carbocycles. The summed E-state index contributed by atoms with van der Waals surface area (Å²) in [6.45, 7) is -0.133. The number of hydrogen-bond donors (Lipinski definition) is 0. The minimum atomic E-state index is -3.97. The molecule has 0 spiro atoms. The van der Waals surface area contributed by atoms with Gasteiger partial charge in [0.05, 0.1) is 22.0 Å². The third kappa shape index (κ3) is 4.24. The van der Waals surface area contributed by atoms with Crippen molar-refractivity contribution in [2.45, 2.75) is 17.7 Å². The van der Waals surface area contributed by atoms with Crippen LogP contribution in [0.1, 0.15) is 12.8 Å². The van der Waals surface area contributed by atoms with Crippen molar-refractivity contribution in [3.8, 4) is 12.1 Å². The van der Waals surface area contributed by atoms with E-state index in [0.717, 1.165) is 10.4 Å². The summed E-state index contributed by atoms with van der Waals surface area (Å²) >= 11 is 0. The highest BCUT2D eigenvalue weighted by Crippen LogP contribution is 2.21. The van der Waals surface area contributed by atoms with Crippen molar-refractivity contribution in [2.75, 3.05) is 13.1 Å². The van der Waals surface area contributed by atoms with Gasteiger partial charge in [-0.2, -0.15) is 14.8 Å². The first-order valence-electron chi connectivity index (χ1n) is 5.92. The number of nitro groups is 1. The van der Waals surface area contributed by atoms with Gasteiger partial charge in [0, 0.05) is 38.1 Å². The molecule has 0 N–H and O–H groups in total. The summed E-state index contributed by atoms with van der Waals surface area (Å²) in [6, 6.07) is 8.33. The second-order valence-electron chi connectivity index (χ2n) is 3.97. The van der Waals surface area contributed by atoms with Gasteiger partial charge in [-0.3, -0.25) is 10.1 Å². The zero-order chi connectivity index (χ0) is 15.9. The molecule has 0 aromatic heterocycles. The van der Waals surface area contributed by atoms with Gasteiger partial charge in [0.2, 0.25) is 10.0 Å². The summed E-state index contributed by atoms with van der Waals surface area (Å²) in [6.07, 6.45) is -0.0564. The highest BCUT2D eigenvalue weighted by Gasteiger charge is 2.25.